The van der Waals surface area contributed by atoms with E-state index in [1.165, 1.54) is 0 Å². The Morgan fingerprint density at radius 1 is 0.535 bits per heavy atom. The van der Waals surface area contributed by atoms with Crippen molar-refractivity contribution in [2.45, 2.75) is 6.92 Å². The zero-order valence-corrected chi connectivity index (χ0v) is 23.9. The monoisotopic (exact) mass is 554 g/mol. The first-order chi connectivity index (χ1) is 21.2. The molecule has 0 radical (unpaired) electrons. The van der Waals surface area contributed by atoms with Crippen molar-refractivity contribution in [3.63, 3.8) is 0 Å². The molecule has 0 saturated heterocycles. The van der Waals surface area contributed by atoms with Gasteiger partial charge in [0.2, 0.25) is 0 Å². The Hall–Kier alpha value is -5.74. The molecule has 0 N–H and O–H groups in total. The lowest BCUT2D eigenvalue weighted by atomic mass is 9.91. The second-order valence-corrected chi connectivity index (χ2v) is 10.2. The minimum absolute atomic E-state index is 0.992. The van der Waals surface area contributed by atoms with Gasteiger partial charge in [-0.25, -0.2) is 0 Å². The van der Waals surface area contributed by atoms with Crippen molar-refractivity contribution < 1.29 is 0 Å². The fourth-order valence-corrected chi connectivity index (χ4v) is 5.23. The molecular weight excluding hydrogens is 524 g/mol. The highest BCUT2D eigenvalue weighted by Crippen LogP contribution is 2.36. The Labute approximate surface area is 252 Å². The van der Waals surface area contributed by atoms with Gasteiger partial charge in [0.25, 0.3) is 0 Å². The van der Waals surface area contributed by atoms with E-state index in [-0.39, 0.29) is 0 Å². The third-order valence-electron chi connectivity index (χ3n) is 7.29. The van der Waals surface area contributed by atoms with Gasteiger partial charge < -0.3 is 0 Å². The molecule has 0 atom stereocenters. The van der Waals surface area contributed by atoms with Gasteiger partial charge in [-0.3, -0.25) is 19.9 Å². The number of benzene rings is 3. The number of rotatable bonds is 8. The summed E-state index contributed by atoms with van der Waals surface area (Å²) in [5.41, 5.74) is 13.0. The molecule has 6 rings (SSSR count). The number of hydrogen-bond donors (Lipinski definition) is 0. The van der Waals surface area contributed by atoms with Crippen LogP contribution < -0.4 is 0 Å². The summed E-state index contributed by atoms with van der Waals surface area (Å²) in [6, 6.07) is 34.2. The maximum atomic E-state index is 4.36. The van der Waals surface area contributed by atoms with Gasteiger partial charge in [-0.2, -0.15) is 0 Å². The minimum Gasteiger partial charge on any atom is -0.272 e. The lowest BCUT2D eigenvalue weighted by Crippen LogP contribution is -1.90. The Kier molecular flexibility index (Phi) is 8.19. The third-order valence-corrected chi connectivity index (χ3v) is 7.29. The van der Waals surface area contributed by atoms with Gasteiger partial charge in [-0.05, 0) is 124 Å². The topological polar surface area (TPSA) is 51.0 Å². The van der Waals surface area contributed by atoms with E-state index < -0.39 is 0 Å². The Morgan fingerprint density at radius 3 is 1.35 bits per heavy atom. The number of aliphatic imine (C=N–C) groups is 1. The van der Waals surface area contributed by atoms with Gasteiger partial charge in [0.1, 0.15) is 0 Å². The van der Waals surface area contributed by atoms with Gasteiger partial charge in [-0.15, -0.1) is 0 Å². The van der Waals surface area contributed by atoms with Crippen LogP contribution in [-0.4, -0.2) is 21.7 Å². The predicted molar refractivity (Wildman–Crippen MR) is 179 cm³/mol. The average Bonchev–Trinajstić information content (AvgIpc) is 3.09. The average molecular weight is 555 g/mol. The smallest absolute Gasteiger partial charge is 0.0346 e. The molecule has 0 aliphatic rings. The maximum absolute atomic E-state index is 4.36. The van der Waals surface area contributed by atoms with E-state index in [9.17, 15) is 0 Å². The molecule has 3 heterocycles. The lowest BCUT2D eigenvalue weighted by molar-refractivity contribution is 1.32. The minimum atomic E-state index is 0.992. The molecule has 0 aliphatic heterocycles. The molecule has 0 bridgehead atoms. The molecule has 3 aromatic heterocycles. The van der Waals surface area contributed by atoms with Crippen molar-refractivity contribution in [2.75, 3.05) is 0 Å². The van der Waals surface area contributed by atoms with E-state index in [0.29, 0.717) is 0 Å². The zero-order chi connectivity index (χ0) is 29.4. The molecule has 206 valence electrons. The molecular formula is C39H30N4. The van der Waals surface area contributed by atoms with Crippen molar-refractivity contribution in [1.29, 1.82) is 0 Å². The third kappa shape index (κ3) is 6.29. The first kappa shape index (κ1) is 27.4. The van der Waals surface area contributed by atoms with Crippen LogP contribution in [0.15, 0.2) is 158 Å². The molecule has 0 unspecified atom stereocenters. The number of hydrogen-bond acceptors (Lipinski definition) is 4. The Morgan fingerprint density at radius 2 is 0.930 bits per heavy atom. The molecule has 0 saturated carbocycles. The summed E-state index contributed by atoms with van der Waals surface area (Å²) in [6.07, 6.45) is 17.0. The second kappa shape index (κ2) is 12.8. The summed E-state index contributed by atoms with van der Waals surface area (Å²) in [7, 11) is 0. The summed E-state index contributed by atoms with van der Waals surface area (Å²) in [5, 5.41) is 0. The summed E-state index contributed by atoms with van der Waals surface area (Å²) in [5.74, 6) is 0. The van der Waals surface area contributed by atoms with E-state index in [0.717, 1.165) is 66.8 Å². The number of aromatic nitrogens is 3. The Balaban J connectivity index is 1.50. The second-order valence-electron chi connectivity index (χ2n) is 10.2. The van der Waals surface area contributed by atoms with Crippen LogP contribution in [-0.2, 0) is 0 Å². The molecule has 4 nitrogen and oxygen atoms in total. The summed E-state index contributed by atoms with van der Waals surface area (Å²) in [4.78, 5) is 17.2. The van der Waals surface area contributed by atoms with Crippen molar-refractivity contribution in [3.05, 3.63) is 158 Å². The molecule has 6 aromatic rings. The van der Waals surface area contributed by atoms with Gasteiger partial charge in [0.05, 0.1) is 0 Å². The van der Waals surface area contributed by atoms with Crippen LogP contribution in [0.4, 0.5) is 0 Å². The van der Waals surface area contributed by atoms with Gasteiger partial charge >= 0.3 is 0 Å². The van der Waals surface area contributed by atoms with E-state index in [4.69, 9.17) is 0 Å². The summed E-state index contributed by atoms with van der Waals surface area (Å²) in [6.45, 7) is 5.70. The van der Waals surface area contributed by atoms with Crippen molar-refractivity contribution in [1.82, 2.24) is 15.0 Å². The van der Waals surface area contributed by atoms with Crippen molar-refractivity contribution >= 4 is 12.3 Å². The van der Waals surface area contributed by atoms with Crippen LogP contribution in [0.5, 0.6) is 0 Å². The lowest BCUT2D eigenvalue weighted by Gasteiger charge is -2.14. The van der Waals surface area contributed by atoms with E-state index in [1.54, 1.807) is 24.8 Å². The Bertz CT molecular complexity index is 1870. The molecule has 4 heteroatoms. The van der Waals surface area contributed by atoms with Gasteiger partial charge in [0.15, 0.2) is 0 Å². The van der Waals surface area contributed by atoms with Crippen LogP contribution in [0.2, 0.25) is 0 Å². The first-order valence-corrected chi connectivity index (χ1v) is 14.1. The predicted octanol–water partition coefficient (Wildman–Crippen LogP) is 9.82. The SMILES string of the molecule is C=N/C=C(\C=C/C)c1cc(-c2cccnc2)cc(-c2cccc(-c3cc(-c4cccnc4)cc(-c4cccnc4)c3)c2)c1. The highest BCUT2D eigenvalue weighted by molar-refractivity contribution is 5.86. The number of allylic oxidation sites excluding steroid dienone is 3. The van der Waals surface area contributed by atoms with Crippen molar-refractivity contribution in [3.8, 4) is 55.6 Å². The van der Waals surface area contributed by atoms with Crippen LogP contribution in [0.1, 0.15) is 12.5 Å². The molecule has 3 aromatic carbocycles. The molecule has 0 fully saturated rings. The van der Waals surface area contributed by atoms with E-state index >= 15 is 0 Å². The van der Waals surface area contributed by atoms with Crippen molar-refractivity contribution in [2.24, 2.45) is 4.99 Å². The molecule has 43 heavy (non-hydrogen) atoms. The first-order valence-electron chi connectivity index (χ1n) is 14.1. The quantitative estimate of drug-likeness (QED) is 0.139. The molecule has 0 spiro atoms. The van der Waals surface area contributed by atoms with Gasteiger partial charge in [-0.1, -0.05) is 48.6 Å². The molecule has 0 amide bonds. The van der Waals surface area contributed by atoms with E-state index in [1.807, 2.05) is 49.8 Å². The van der Waals surface area contributed by atoms with Crippen LogP contribution in [0.25, 0.3) is 61.2 Å². The number of pyridine rings is 3. The molecule has 0 aliphatic carbocycles. The fraction of sp³-hybridized carbons (Fsp3) is 0.0256. The van der Waals surface area contributed by atoms with Gasteiger partial charge in [0, 0.05) is 60.1 Å². The largest absolute Gasteiger partial charge is 0.272 e. The standard InChI is InChI=1S/C39H30N4/c1-3-8-30(24-40-2)36-18-34(19-37(22-36)31-11-5-14-41-25-31)28-9-4-10-29(17-28)35-20-38(32-12-6-15-42-26-32)23-39(21-35)33-13-7-16-43-27-33/h3-27H,2H2,1H3/b8-3-,30-24+. The zero-order valence-electron chi connectivity index (χ0n) is 23.9. The van der Waals surface area contributed by atoms with Crippen LogP contribution >= 0.6 is 0 Å². The van der Waals surface area contributed by atoms with Crippen LogP contribution in [0.3, 0.4) is 0 Å². The summed E-state index contributed by atoms with van der Waals surface area (Å²) >= 11 is 0. The highest BCUT2D eigenvalue weighted by Gasteiger charge is 2.11. The summed E-state index contributed by atoms with van der Waals surface area (Å²) < 4.78 is 0. The van der Waals surface area contributed by atoms with E-state index in [2.05, 4.69) is 112 Å². The fourth-order valence-electron chi connectivity index (χ4n) is 5.23. The number of nitrogens with zero attached hydrogens (tertiary/aromatic N) is 4. The van der Waals surface area contributed by atoms with Crippen LogP contribution in [0, 0.1) is 0 Å². The normalized spacial score (nSPS) is 11.5. The maximum Gasteiger partial charge on any atom is 0.0346 e. The highest BCUT2D eigenvalue weighted by atomic mass is 14.6.